The van der Waals surface area contributed by atoms with Crippen molar-refractivity contribution in [3.63, 3.8) is 0 Å². The van der Waals surface area contributed by atoms with Crippen LogP contribution in [0.25, 0.3) is 0 Å². The Bertz CT molecular complexity index is 787. The van der Waals surface area contributed by atoms with Crippen molar-refractivity contribution >= 4 is 21.4 Å². The molecule has 21 heavy (non-hydrogen) atoms. The molecule has 2 rings (SSSR count). The number of sulfonamides is 1. The second-order valence-corrected chi connectivity index (χ2v) is 5.76. The number of aromatic nitrogens is 2. The van der Waals surface area contributed by atoms with E-state index in [1.54, 1.807) is 6.92 Å². The third kappa shape index (κ3) is 3.34. The minimum atomic E-state index is -4.02. The van der Waals surface area contributed by atoms with Crippen LogP contribution in [0.3, 0.4) is 0 Å². The summed E-state index contributed by atoms with van der Waals surface area (Å²) in [6.07, 6.45) is 1.63. The molecule has 10 heteroatoms. The number of halogens is 1. The molecule has 1 heterocycles. The summed E-state index contributed by atoms with van der Waals surface area (Å²) >= 11 is 0. The lowest BCUT2D eigenvalue weighted by Gasteiger charge is -2.06. The molecule has 1 aromatic carbocycles. The number of rotatable bonds is 5. The van der Waals surface area contributed by atoms with Crippen LogP contribution in [0.15, 0.2) is 29.4 Å². The molecule has 2 aromatic rings. The van der Waals surface area contributed by atoms with Crippen molar-refractivity contribution in [2.75, 3.05) is 4.72 Å². The first-order valence-electron chi connectivity index (χ1n) is 5.83. The molecular weight excluding hydrogens is 303 g/mol. The Morgan fingerprint density at radius 3 is 2.71 bits per heavy atom. The summed E-state index contributed by atoms with van der Waals surface area (Å²) in [6, 6.07) is 2.47. The number of benzene rings is 1. The molecule has 112 valence electrons. The van der Waals surface area contributed by atoms with Gasteiger partial charge in [-0.2, -0.15) is 8.42 Å². The third-order valence-corrected chi connectivity index (χ3v) is 3.87. The number of non-ortho nitro benzene ring substituents is 1. The summed E-state index contributed by atoms with van der Waals surface area (Å²) in [7, 11) is -4.02. The maximum absolute atomic E-state index is 13.3. The highest BCUT2D eigenvalue weighted by Gasteiger charge is 2.19. The Labute approximate surface area is 119 Å². The van der Waals surface area contributed by atoms with Crippen molar-refractivity contribution in [2.45, 2.75) is 18.4 Å². The molecule has 0 unspecified atom stereocenters. The molecule has 0 aliphatic heterocycles. The minimum absolute atomic E-state index is 0.203. The van der Waals surface area contributed by atoms with Gasteiger partial charge in [-0.25, -0.2) is 9.37 Å². The zero-order valence-corrected chi connectivity index (χ0v) is 11.6. The van der Waals surface area contributed by atoms with Crippen molar-refractivity contribution < 1.29 is 17.7 Å². The second-order valence-electron chi connectivity index (χ2n) is 4.11. The minimum Gasteiger partial charge on any atom is -0.332 e. The fraction of sp³-hybridized carbons (Fsp3) is 0.182. The fourth-order valence-electron chi connectivity index (χ4n) is 1.61. The zero-order valence-electron chi connectivity index (χ0n) is 10.8. The number of aryl methyl sites for hydroxylation is 1. The first-order valence-corrected chi connectivity index (χ1v) is 7.32. The lowest BCUT2D eigenvalue weighted by Crippen LogP contribution is -2.13. The van der Waals surface area contributed by atoms with Gasteiger partial charge in [0.05, 0.1) is 22.9 Å². The molecule has 0 spiro atoms. The smallest absolute Gasteiger partial charge is 0.278 e. The number of aromatic amines is 1. The van der Waals surface area contributed by atoms with E-state index < -0.39 is 26.5 Å². The van der Waals surface area contributed by atoms with Crippen molar-refractivity contribution in [1.29, 1.82) is 0 Å². The number of H-pyrrole nitrogens is 1. The van der Waals surface area contributed by atoms with Crippen molar-refractivity contribution in [1.82, 2.24) is 9.97 Å². The van der Waals surface area contributed by atoms with Gasteiger partial charge in [0.15, 0.2) is 5.03 Å². The summed E-state index contributed by atoms with van der Waals surface area (Å²) < 4.78 is 39.4. The molecule has 0 radical (unpaired) electrons. The predicted octanol–water partition coefficient (Wildman–Crippen LogP) is 1.82. The van der Waals surface area contributed by atoms with E-state index in [0.717, 1.165) is 18.3 Å². The third-order valence-electron chi connectivity index (χ3n) is 2.58. The van der Waals surface area contributed by atoms with Crippen molar-refractivity contribution in [2.24, 2.45) is 0 Å². The number of nitrogens with one attached hydrogen (secondary N) is 2. The van der Waals surface area contributed by atoms with Gasteiger partial charge in [-0.3, -0.25) is 14.8 Å². The Morgan fingerprint density at radius 1 is 1.43 bits per heavy atom. The molecule has 2 N–H and O–H groups in total. The number of nitrogens with zero attached hydrogens (tertiary/aromatic N) is 2. The predicted molar refractivity (Wildman–Crippen MR) is 71.8 cm³/mol. The van der Waals surface area contributed by atoms with Crippen LogP contribution in [0, 0.1) is 15.9 Å². The summed E-state index contributed by atoms with van der Waals surface area (Å²) in [5.74, 6) is -0.443. The van der Waals surface area contributed by atoms with E-state index in [4.69, 9.17) is 0 Å². The molecule has 0 bridgehead atoms. The van der Waals surface area contributed by atoms with Gasteiger partial charge >= 0.3 is 0 Å². The van der Waals surface area contributed by atoms with E-state index in [2.05, 4.69) is 14.7 Å². The summed E-state index contributed by atoms with van der Waals surface area (Å²) in [5.41, 5.74) is -0.791. The van der Waals surface area contributed by atoms with Crippen LogP contribution in [-0.4, -0.2) is 23.3 Å². The molecule has 8 nitrogen and oxygen atoms in total. The Hall–Kier alpha value is -2.49. The number of nitro benzene ring substituents is 1. The highest BCUT2D eigenvalue weighted by molar-refractivity contribution is 7.92. The van der Waals surface area contributed by atoms with Gasteiger partial charge in [0.25, 0.3) is 15.7 Å². The van der Waals surface area contributed by atoms with Crippen LogP contribution < -0.4 is 4.72 Å². The standard InChI is InChI=1S/C11H11FN4O4S/c1-2-10-13-6-11(14-10)21(19,20)15-8-3-7(12)4-9(5-8)16(17)18/h3-6,15H,2H2,1H3,(H,13,14). The number of nitro groups is 1. The topological polar surface area (TPSA) is 118 Å². The first kappa shape index (κ1) is 14.9. The average molecular weight is 314 g/mol. The maximum Gasteiger partial charge on any atom is 0.278 e. The lowest BCUT2D eigenvalue weighted by molar-refractivity contribution is -0.385. The van der Waals surface area contributed by atoms with E-state index in [-0.39, 0.29) is 10.7 Å². The van der Waals surface area contributed by atoms with E-state index >= 15 is 0 Å². The zero-order chi connectivity index (χ0) is 15.6. The van der Waals surface area contributed by atoms with Crippen LogP contribution in [0.5, 0.6) is 0 Å². The van der Waals surface area contributed by atoms with Gasteiger partial charge in [-0.15, -0.1) is 0 Å². The second kappa shape index (κ2) is 5.48. The summed E-state index contributed by atoms with van der Waals surface area (Å²) in [5, 5.41) is 10.4. The molecular formula is C11H11FN4O4S. The average Bonchev–Trinajstić information content (AvgIpc) is 2.86. The van der Waals surface area contributed by atoms with E-state index in [1.807, 2.05) is 0 Å². The van der Waals surface area contributed by atoms with E-state index in [9.17, 15) is 22.9 Å². The van der Waals surface area contributed by atoms with Crippen LogP contribution in [0.1, 0.15) is 12.7 Å². The normalized spacial score (nSPS) is 11.3. The van der Waals surface area contributed by atoms with Gasteiger partial charge in [0, 0.05) is 12.5 Å². The first-order chi connectivity index (χ1) is 9.81. The molecule has 0 aliphatic carbocycles. The molecule has 0 saturated heterocycles. The SMILES string of the molecule is CCc1ncc(S(=O)(=O)Nc2cc(F)cc([N+](=O)[O-])c2)[nH]1. The van der Waals surface area contributed by atoms with Gasteiger partial charge in [0.2, 0.25) is 0 Å². The Balaban J connectivity index is 2.34. The van der Waals surface area contributed by atoms with Crippen LogP contribution in [0.2, 0.25) is 0 Å². The molecule has 0 atom stereocenters. The van der Waals surface area contributed by atoms with Gasteiger partial charge in [-0.1, -0.05) is 6.92 Å². The highest BCUT2D eigenvalue weighted by Crippen LogP contribution is 2.22. The van der Waals surface area contributed by atoms with Gasteiger partial charge in [0.1, 0.15) is 11.6 Å². The Morgan fingerprint density at radius 2 is 2.14 bits per heavy atom. The van der Waals surface area contributed by atoms with Crippen LogP contribution in [0.4, 0.5) is 15.8 Å². The lowest BCUT2D eigenvalue weighted by atomic mass is 10.3. The number of imidazole rings is 1. The van der Waals surface area contributed by atoms with Gasteiger partial charge in [-0.05, 0) is 6.07 Å². The molecule has 0 aliphatic rings. The fourth-order valence-corrected chi connectivity index (χ4v) is 2.59. The summed E-state index contributed by atoms with van der Waals surface area (Å²) in [4.78, 5) is 16.3. The Kier molecular flexibility index (Phi) is 3.89. The molecule has 0 fully saturated rings. The van der Waals surface area contributed by atoms with Crippen LogP contribution >= 0.6 is 0 Å². The van der Waals surface area contributed by atoms with Crippen molar-refractivity contribution in [3.05, 3.63) is 46.2 Å². The largest absolute Gasteiger partial charge is 0.332 e. The van der Waals surface area contributed by atoms with Crippen LogP contribution in [-0.2, 0) is 16.4 Å². The number of hydrogen-bond donors (Lipinski definition) is 2. The quantitative estimate of drug-likeness (QED) is 0.644. The molecule has 0 saturated carbocycles. The summed E-state index contributed by atoms with van der Waals surface area (Å²) in [6.45, 7) is 1.79. The molecule has 0 amide bonds. The number of anilines is 1. The number of hydrogen-bond acceptors (Lipinski definition) is 5. The highest BCUT2D eigenvalue weighted by atomic mass is 32.2. The monoisotopic (exact) mass is 314 g/mol. The molecule has 1 aromatic heterocycles. The van der Waals surface area contributed by atoms with E-state index in [0.29, 0.717) is 18.3 Å². The maximum atomic E-state index is 13.3. The van der Waals surface area contributed by atoms with E-state index in [1.165, 1.54) is 0 Å². The van der Waals surface area contributed by atoms with Gasteiger partial charge < -0.3 is 4.98 Å². The van der Waals surface area contributed by atoms with Crippen molar-refractivity contribution in [3.8, 4) is 0 Å².